The van der Waals surface area contributed by atoms with Crippen LogP contribution >= 0.6 is 0 Å². The molecule has 0 aromatic heterocycles. The van der Waals surface area contributed by atoms with Gasteiger partial charge in [0.1, 0.15) is 0 Å². The second-order valence-corrected chi connectivity index (χ2v) is 5.17. The maximum atomic E-state index is 12.0. The van der Waals surface area contributed by atoms with Gasteiger partial charge >= 0.3 is 6.03 Å². The Hall–Kier alpha value is -2.41. The van der Waals surface area contributed by atoms with E-state index in [1.54, 1.807) is 31.4 Å². The first-order valence-electron chi connectivity index (χ1n) is 6.98. The summed E-state index contributed by atoms with van der Waals surface area (Å²) in [5.41, 5.74) is 1.30. The van der Waals surface area contributed by atoms with Crippen molar-refractivity contribution >= 4 is 17.8 Å². The molecule has 0 saturated carbocycles. The molecule has 1 aliphatic heterocycles. The number of nitrogens with one attached hydrogen (secondary N) is 2. The van der Waals surface area contributed by atoms with Crippen LogP contribution in [0.4, 0.5) is 4.79 Å². The van der Waals surface area contributed by atoms with Crippen LogP contribution in [0.15, 0.2) is 24.3 Å². The highest BCUT2D eigenvalue weighted by Crippen LogP contribution is 2.10. The molecule has 1 aromatic rings. The van der Waals surface area contributed by atoms with Crippen molar-refractivity contribution in [2.75, 3.05) is 20.3 Å². The monoisotopic (exact) mass is 305 g/mol. The molecule has 1 heterocycles. The van der Waals surface area contributed by atoms with E-state index in [2.05, 4.69) is 10.6 Å². The number of urea groups is 1. The number of ether oxygens (including phenoxy) is 1. The summed E-state index contributed by atoms with van der Waals surface area (Å²) < 4.78 is 4.96. The van der Waals surface area contributed by atoms with Crippen LogP contribution in [0, 0.1) is 0 Å². The molecular formula is C15H19N3O4. The van der Waals surface area contributed by atoms with Crippen molar-refractivity contribution in [3.8, 4) is 0 Å². The minimum atomic E-state index is -0.389. The molecule has 118 valence electrons. The molecule has 2 rings (SSSR count). The van der Waals surface area contributed by atoms with Crippen LogP contribution in [0.5, 0.6) is 0 Å². The predicted molar refractivity (Wildman–Crippen MR) is 79.2 cm³/mol. The number of amides is 4. The first-order valence-corrected chi connectivity index (χ1v) is 6.98. The van der Waals surface area contributed by atoms with Crippen molar-refractivity contribution in [3.63, 3.8) is 0 Å². The fraction of sp³-hybridized carbons (Fsp3) is 0.400. The zero-order valence-electron chi connectivity index (χ0n) is 12.6. The molecule has 0 aliphatic carbocycles. The minimum Gasteiger partial charge on any atom is -0.383 e. The van der Waals surface area contributed by atoms with E-state index in [4.69, 9.17) is 4.74 Å². The molecule has 22 heavy (non-hydrogen) atoms. The molecule has 7 heteroatoms. The van der Waals surface area contributed by atoms with Crippen LogP contribution in [-0.4, -0.2) is 49.0 Å². The van der Waals surface area contributed by atoms with Gasteiger partial charge in [0.15, 0.2) is 0 Å². The summed E-state index contributed by atoms with van der Waals surface area (Å²) in [5, 5.41) is 5.28. The van der Waals surface area contributed by atoms with Gasteiger partial charge in [0.25, 0.3) is 5.91 Å². The van der Waals surface area contributed by atoms with Crippen molar-refractivity contribution in [2.45, 2.75) is 19.5 Å². The van der Waals surface area contributed by atoms with E-state index < -0.39 is 0 Å². The molecule has 1 saturated heterocycles. The predicted octanol–water partition coefficient (Wildman–Crippen LogP) is 0.503. The Balaban J connectivity index is 1.96. The Morgan fingerprint density at radius 2 is 2.05 bits per heavy atom. The number of methoxy groups -OCH3 is 1. The Morgan fingerprint density at radius 3 is 2.59 bits per heavy atom. The third-order valence-electron chi connectivity index (χ3n) is 3.29. The Bertz CT molecular complexity index is 555. The lowest BCUT2D eigenvalue weighted by molar-refractivity contribution is -0.125. The standard InChI is InChI=1S/C15H19N3O4/c1-10(9-22-2)17-14(20)12-5-3-11(4-6-12)8-18-13(19)7-16-15(18)21/h3-6,10H,7-9H2,1-2H3,(H,16,21)(H,17,20). The number of rotatable bonds is 6. The first kappa shape index (κ1) is 16.0. The van der Waals surface area contributed by atoms with Crippen molar-refractivity contribution < 1.29 is 19.1 Å². The zero-order valence-corrected chi connectivity index (χ0v) is 12.6. The van der Waals surface area contributed by atoms with Gasteiger partial charge < -0.3 is 15.4 Å². The van der Waals surface area contributed by atoms with Crippen LogP contribution in [0.2, 0.25) is 0 Å². The fourth-order valence-electron chi connectivity index (χ4n) is 2.16. The van der Waals surface area contributed by atoms with Crippen LogP contribution in [-0.2, 0) is 16.1 Å². The van der Waals surface area contributed by atoms with E-state index in [1.165, 1.54) is 0 Å². The van der Waals surface area contributed by atoms with Crippen LogP contribution in [0.1, 0.15) is 22.8 Å². The van der Waals surface area contributed by atoms with Gasteiger partial charge in [0.05, 0.1) is 19.7 Å². The minimum absolute atomic E-state index is 0.0384. The summed E-state index contributed by atoms with van der Waals surface area (Å²) in [7, 11) is 1.58. The molecule has 0 bridgehead atoms. The van der Waals surface area contributed by atoms with Crippen molar-refractivity contribution in [2.24, 2.45) is 0 Å². The molecule has 1 fully saturated rings. The van der Waals surface area contributed by atoms with Crippen molar-refractivity contribution in [1.82, 2.24) is 15.5 Å². The molecule has 1 unspecified atom stereocenters. The molecular weight excluding hydrogens is 286 g/mol. The summed E-state index contributed by atoms with van der Waals surface area (Å²) in [6.45, 7) is 2.53. The van der Waals surface area contributed by atoms with E-state index in [9.17, 15) is 14.4 Å². The number of imide groups is 1. The molecule has 1 aliphatic rings. The van der Waals surface area contributed by atoms with Crippen LogP contribution in [0.3, 0.4) is 0 Å². The molecule has 4 amide bonds. The highest BCUT2D eigenvalue weighted by Gasteiger charge is 2.28. The number of benzene rings is 1. The number of carbonyl (C=O) groups excluding carboxylic acids is 3. The molecule has 1 atom stereocenters. The lowest BCUT2D eigenvalue weighted by Crippen LogP contribution is -2.35. The smallest absolute Gasteiger partial charge is 0.324 e. The van der Waals surface area contributed by atoms with Gasteiger partial charge in [-0.05, 0) is 24.6 Å². The lowest BCUT2D eigenvalue weighted by Gasteiger charge is -2.14. The van der Waals surface area contributed by atoms with E-state index in [-0.39, 0.29) is 37.0 Å². The summed E-state index contributed by atoms with van der Waals surface area (Å²) in [6.07, 6.45) is 0. The Labute approximate surface area is 128 Å². The van der Waals surface area contributed by atoms with Gasteiger partial charge in [-0.25, -0.2) is 4.79 Å². The number of hydrogen-bond donors (Lipinski definition) is 2. The van der Waals surface area contributed by atoms with Gasteiger partial charge in [-0.3, -0.25) is 14.5 Å². The van der Waals surface area contributed by atoms with Gasteiger partial charge in [0.2, 0.25) is 5.91 Å². The van der Waals surface area contributed by atoms with Crippen molar-refractivity contribution in [1.29, 1.82) is 0 Å². The molecule has 1 aromatic carbocycles. The van der Waals surface area contributed by atoms with Gasteiger partial charge in [-0.1, -0.05) is 12.1 Å². The second kappa shape index (κ2) is 7.04. The van der Waals surface area contributed by atoms with E-state index in [1.807, 2.05) is 6.92 Å². The van der Waals surface area contributed by atoms with Crippen LogP contribution in [0.25, 0.3) is 0 Å². The summed E-state index contributed by atoms with van der Waals surface area (Å²) in [6, 6.07) is 6.33. The lowest BCUT2D eigenvalue weighted by atomic mass is 10.1. The normalized spacial score (nSPS) is 15.6. The van der Waals surface area contributed by atoms with Crippen LogP contribution < -0.4 is 10.6 Å². The highest BCUT2D eigenvalue weighted by molar-refractivity contribution is 6.01. The summed E-state index contributed by atoms with van der Waals surface area (Å²) in [4.78, 5) is 36.1. The maximum Gasteiger partial charge on any atom is 0.324 e. The maximum absolute atomic E-state index is 12.0. The van der Waals surface area contributed by atoms with Crippen molar-refractivity contribution in [3.05, 3.63) is 35.4 Å². The van der Waals surface area contributed by atoms with Gasteiger partial charge in [-0.15, -0.1) is 0 Å². The van der Waals surface area contributed by atoms with E-state index in [0.29, 0.717) is 12.2 Å². The Kier molecular flexibility index (Phi) is 5.11. The molecule has 0 radical (unpaired) electrons. The third kappa shape index (κ3) is 3.82. The first-order chi connectivity index (χ1) is 10.5. The van der Waals surface area contributed by atoms with Gasteiger partial charge in [-0.2, -0.15) is 0 Å². The average molecular weight is 305 g/mol. The molecule has 7 nitrogen and oxygen atoms in total. The average Bonchev–Trinajstić information content (AvgIpc) is 2.80. The zero-order chi connectivity index (χ0) is 16.1. The largest absolute Gasteiger partial charge is 0.383 e. The van der Waals surface area contributed by atoms with E-state index >= 15 is 0 Å². The molecule has 2 N–H and O–H groups in total. The number of nitrogens with zero attached hydrogens (tertiary/aromatic N) is 1. The van der Waals surface area contributed by atoms with Gasteiger partial charge in [0, 0.05) is 18.7 Å². The Morgan fingerprint density at radius 1 is 1.36 bits per heavy atom. The number of hydrogen-bond acceptors (Lipinski definition) is 4. The fourth-order valence-corrected chi connectivity index (χ4v) is 2.16. The highest BCUT2D eigenvalue weighted by atomic mass is 16.5. The molecule has 0 spiro atoms. The SMILES string of the molecule is COCC(C)NC(=O)c1ccc(CN2C(=O)CNC2=O)cc1. The third-order valence-corrected chi connectivity index (χ3v) is 3.29. The topological polar surface area (TPSA) is 87.7 Å². The summed E-state index contributed by atoms with van der Waals surface area (Å²) >= 11 is 0. The number of carbonyl (C=O) groups is 3. The second-order valence-electron chi connectivity index (χ2n) is 5.17. The summed E-state index contributed by atoms with van der Waals surface area (Å²) in [5.74, 6) is -0.439. The van der Waals surface area contributed by atoms with E-state index in [0.717, 1.165) is 10.5 Å². The quantitative estimate of drug-likeness (QED) is 0.749.